The molecule has 0 fully saturated rings. The van der Waals surface area contributed by atoms with Crippen LogP contribution < -0.4 is 5.32 Å². The zero-order chi connectivity index (χ0) is 13.5. The Morgan fingerprint density at radius 2 is 2.00 bits per heavy atom. The second-order valence-corrected chi connectivity index (χ2v) is 5.22. The van der Waals surface area contributed by atoms with Gasteiger partial charge in [-0.05, 0) is 61.9 Å². The average molecular weight is 251 g/mol. The van der Waals surface area contributed by atoms with Crippen LogP contribution >= 0.6 is 0 Å². The third-order valence-electron chi connectivity index (χ3n) is 3.64. The molecule has 102 valence electrons. The highest BCUT2D eigenvalue weighted by atomic mass is 19.1. The van der Waals surface area contributed by atoms with Gasteiger partial charge >= 0.3 is 0 Å². The summed E-state index contributed by atoms with van der Waals surface area (Å²) in [5.41, 5.74) is 2.33. The van der Waals surface area contributed by atoms with Gasteiger partial charge in [0.05, 0.1) is 0 Å². The molecule has 1 aromatic carbocycles. The molecule has 2 unspecified atom stereocenters. The zero-order valence-corrected chi connectivity index (χ0v) is 12.1. The fourth-order valence-electron chi connectivity index (χ4n) is 2.43. The van der Waals surface area contributed by atoms with Crippen LogP contribution in [0.1, 0.15) is 44.7 Å². The Balaban J connectivity index is 2.66. The highest BCUT2D eigenvalue weighted by Gasteiger charge is 2.16. The van der Waals surface area contributed by atoms with Gasteiger partial charge in [0.2, 0.25) is 0 Å². The topological polar surface area (TPSA) is 12.0 Å². The first kappa shape index (κ1) is 15.2. The normalized spacial score (nSPS) is 14.5. The van der Waals surface area contributed by atoms with Crippen LogP contribution in [0.5, 0.6) is 0 Å². The third kappa shape index (κ3) is 4.41. The molecule has 1 aromatic rings. The van der Waals surface area contributed by atoms with Gasteiger partial charge < -0.3 is 5.32 Å². The largest absolute Gasteiger partial charge is 0.314 e. The smallest absolute Gasteiger partial charge is 0.123 e. The van der Waals surface area contributed by atoms with E-state index in [4.69, 9.17) is 0 Å². The molecule has 1 N–H and O–H groups in total. The maximum atomic E-state index is 13.3. The van der Waals surface area contributed by atoms with Crippen molar-refractivity contribution in [2.45, 2.75) is 53.0 Å². The van der Waals surface area contributed by atoms with Crippen molar-refractivity contribution in [3.63, 3.8) is 0 Å². The van der Waals surface area contributed by atoms with Crippen molar-refractivity contribution < 1.29 is 4.39 Å². The van der Waals surface area contributed by atoms with Crippen molar-refractivity contribution in [3.05, 3.63) is 35.1 Å². The van der Waals surface area contributed by atoms with E-state index in [9.17, 15) is 4.39 Å². The number of aryl methyl sites for hydroxylation is 1. The summed E-state index contributed by atoms with van der Waals surface area (Å²) in [5, 5.41) is 3.58. The van der Waals surface area contributed by atoms with Gasteiger partial charge in [-0.1, -0.05) is 26.8 Å². The summed E-state index contributed by atoms with van der Waals surface area (Å²) < 4.78 is 13.3. The maximum absolute atomic E-state index is 13.3. The second kappa shape index (κ2) is 7.52. The lowest BCUT2D eigenvalue weighted by Crippen LogP contribution is -2.36. The molecule has 0 saturated carbocycles. The number of halogens is 1. The monoisotopic (exact) mass is 251 g/mol. The van der Waals surface area contributed by atoms with Crippen LogP contribution in [0, 0.1) is 18.7 Å². The number of hydrogen-bond donors (Lipinski definition) is 1. The molecule has 1 rings (SSSR count). The molecule has 0 heterocycles. The number of rotatable bonds is 7. The van der Waals surface area contributed by atoms with E-state index in [1.807, 2.05) is 6.07 Å². The summed E-state index contributed by atoms with van der Waals surface area (Å²) in [5.74, 6) is 0.402. The lowest BCUT2D eigenvalue weighted by atomic mass is 9.90. The first-order chi connectivity index (χ1) is 8.58. The van der Waals surface area contributed by atoms with Gasteiger partial charge in [-0.25, -0.2) is 4.39 Å². The minimum Gasteiger partial charge on any atom is -0.314 e. The predicted octanol–water partition coefficient (Wildman–Crippen LogP) is 4.09. The van der Waals surface area contributed by atoms with Crippen LogP contribution in [0.25, 0.3) is 0 Å². The fourth-order valence-corrected chi connectivity index (χ4v) is 2.43. The molecule has 0 amide bonds. The molecule has 0 saturated heterocycles. The molecule has 0 aliphatic heterocycles. The standard InChI is InChI=1S/C16H26FN/c1-5-9-18-16(6-2)13(4)10-14-11-15(17)8-7-12(14)3/h7-8,11,13,16,18H,5-6,9-10H2,1-4H3. The molecule has 2 atom stereocenters. The first-order valence-corrected chi connectivity index (χ1v) is 7.06. The Kier molecular flexibility index (Phi) is 6.34. The van der Waals surface area contributed by atoms with Gasteiger partial charge in [0.25, 0.3) is 0 Å². The lowest BCUT2D eigenvalue weighted by molar-refractivity contribution is 0.364. The average Bonchev–Trinajstić information content (AvgIpc) is 2.35. The summed E-state index contributed by atoms with van der Waals surface area (Å²) in [6.45, 7) is 9.76. The molecule has 0 aromatic heterocycles. The summed E-state index contributed by atoms with van der Waals surface area (Å²) in [7, 11) is 0. The molecule has 0 radical (unpaired) electrons. The Bertz CT molecular complexity index is 362. The van der Waals surface area contributed by atoms with E-state index in [-0.39, 0.29) is 5.82 Å². The molecule has 0 bridgehead atoms. The summed E-state index contributed by atoms with van der Waals surface area (Å²) >= 11 is 0. The van der Waals surface area contributed by atoms with Crippen molar-refractivity contribution in [1.29, 1.82) is 0 Å². The number of benzene rings is 1. The summed E-state index contributed by atoms with van der Waals surface area (Å²) in [4.78, 5) is 0. The summed E-state index contributed by atoms with van der Waals surface area (Å²) in [6, 6.07) is 5.61. The van der Waals surface area contributed by atoms with Gasteiger partial charge in [0, 0.05) is 6.04 Å². The van der Waals surface area contributed by atoms with E-state index in [0.717, 1.165) is 31.4 Å². The van der Waals surface area contributed by atoms with E-state index in [1.54, 1.807) is 6.07 Å². The number of nitrogens with one attached hydrogen (secondary N) is 1. The van der Waals surface area contributed by atoms with E-state index in [1.165, 1.54) is 11.6 Å². The molecule has 0 spiro atoms. The lowest BCUT2D eigenvalue weighted by Gasteiger charge is -2.24. The van der Waals surface area contributed by atoms with Crippen molar-refractivity contribution in [2.24, 2.45) is 5.92 Å². The van der Waals surface area contributed by atoms with Crippen molar-refractivity contribution in [2.75, 3.05) is 6.54 Å². The van der Waals surface area contributed by atoms with Gasteiger partial charge in [-0.2, -0.15) is 0 Å². The quantitative estimate of drug-likeness (QED) is 0.769. The van der Waals surface area contributed by atoms with Crippen molar-refractivity contribution in [1.82, 2.24) is 5.32 Å². The van der Waals surface area contributed by atoms with Crippen LogP contribution in [-0.4, -0.2) is 12.6 Å². The van der Waals surface area contributed by atoms with Crippen LogP contribution in [-0.2, 0) is 6.42 Å². The molecule has 2 heteroatoms. The molecule has 0 aliphatic rings. The minimum atomic E-state index is -0.127. The molecule has 0 aliphatic carbocycles. The van der Waals surface area contributed by atoms with E-state index in [0.29, 0.717) is 12.0 Å². The fraction of sp³-hybridized carbons (Fsp3) is 0.625. The van der Waals surface area contributed by atoms with Crippen LogP contribution in [0.2, 0.25) is 0 Å². The Morgan fingerprint density at radius 1 is 1.28 bits per heavy atom. The van der Waals surface area contributed by atoms with Gasteiger partial charge in [0.1, 0.15) is 5.82 Å². The van der Waals surface area contributed by atoms with Crippen LogP contribution in [0.3, 0.4) is 0 Å². The Morgan fingerprint density at radius 3 is 2.61 bits per heavy atom. The first-order valence-electron chi connectivity index (χ1n) is 7.06. The Labute approximate surface area is 111 Å². The van der Waals surface area contributed by atoms with Gasteiger partial charge in [-0.15, -0.1) is 0 Å². The van der Waals surface area contributed by atoms with Crippen LogP contribution in [0.4, 0.5) is 4.39 Å². The second-order valence-electron chi connectivity index (χ2n) is 5.22. The Hall–Kier alpha value is -0.890. The van der Waals surface area contributed by atoms with Crippen molar-refractivity contribution >= 4 is 0 Å². The van der Waals surface area contributed by atoms with E-state index >= 15 is 0 Å². The number of hydrogen-bond acceptors (Lipinski definition) is 1. The maximum Gasteiger partial charge on any atom is 0.123 e. The van der Waals surface area contributed by atoms with Crippen LogP contribution in [0.15, 0.2) is 18.2 Å². The summed E-state index contributed by atoms with van der Waals surface area (Å²) in [6.07, 6.45) is 3.22. The SMILES string of the molecule is CCCNC(CC)C(C)Cc1cc(F)ccc1C. The van der Waals surface area contributed by atoms with Crippen molar-refractivity contribution in [3.8, 4) is 0 Å². The third-order valence-corrected chi connectivity index (χ3v) is 3.64. The van der Waals surface area contributed by atoms with E-state index in [2.05, 4.69) is 33.0 Å². The molecular formula is C16H26FN. The molecular weight excluding hydrogens is 225 g/mol. The highest BCUT2D eigenvalue weighted by Crippen LogP contribution is 2.18. The highest BCUT2D eigenvalue weighted by molar-refractivity contribution is 5.27. The van der Waals surface area contributed by atoms with E-state index < -0.39 is 0 Å². The zero-order valence-electron chi connectivity index (χ0n) is 12.1. The van der Waals surface area contributed by atoms with Gasteiger partial charge in [-0.3, -0.25) is 0 Å². The molecule has 1 nitrogen and oxygen atoms in total. The minimum absolute atomic E-state index is 0.127. The predicted molar refractivity (Wildman–Crippen MR) is 76.4 cm³/mol. The molecule has 18 heavy (non-hydrogen) atoms. The van der Waals surface area contributed by atoms with Gasteiger partial charge in [0.15, 0.2) is 0 Å².